The molecule has 1 aromatic carbocycles. The molecule has 1 aromatic rings. The Morgan fingerprint density at radius 3 is 2.41 bits per heavy atom. The van der Waals surface area contributed by atoms with Crippen molar-refractivity contribution in [2.45, 2.75) is 32.6 Å². The predicted molar refractivity (Wildman–Crippen MR) is 88.9 cm³/mol. The highest BCUT2D eigenvalue weighted by atomic mass is 32.2. The molecular weight excluding hydrogens is 300 g/mol. The zero-order valence-corrected chi connectivity index (χ0v) is 14.6. The fourth-order valence-electron chi connectivity index (χ4n) is 2.01. The lowest BCUT2D eigenvalue weighted by atomic mass is 10.1. The van der Waals surface area contributed by atoms with Crippen LogP contribution in [0.1, 0.15) is 23.6 Å². The van der Waals surface area contributed by atoms with Gasteiger partial charge in [-0.3, -0.25) is 13.8 Å². The Hall–Kier alpha value is -1.69. The van der Waals surface area contributed by atoms with Crippen LogP contribution in [0.15, 0.2) is 18.2 Å². The van der Waals surface area contributed by atoms with Gasteiger partial charge in [0.2, 0.25) is 11.8 Å². The van der Waals surface area contributed by atoms with Crippen LogP contribution < -0.4 is 5.32 Å². The number of aryl methyl sites for hydroxylation is 2. The van der Waals surface area contributed by atoms with Gasteiger partial charge < -0.3 is 10.2 Å². The van der Waals surface area contributed by atoms with Crippen LogP contribution in [0.4, 0.5) is 0 Å². The summed E-state index contributed by atoms with van der Waals surface area (Å²) in [7, 11) is 1.96. The van der Waals surface area contributed by atoms with Crippen LogP contribution in [-0.2, 0) is 26.1 Å². The van der Waals surface area contributed by atoms with Crippen molar-refractivity contribution in [2.75, 3.05) is 19.8 Å². The quantitative estimate of drug-likeness (QED) is 0.853. The van der Waals surface area contributed by atoms with E-state index >= 15 is 0 Å². The van der Waals surface area contributed by atoms with Gasteiger partial charge in [-0.15, -0.1) is 0 Å². The molecule has 0 spiro atoms. The highest BCUT2D eigenvalue weighted by Crippen LogP contribution is 2.11. The average molecular weight is 324 g/mol. The number of nitrogens with zero attached hydrogens (tertiary/aromatic N) is 1. The van der Waals surface area contributed by atoms with E-state index in [1.807, 2.05) is 32.0 Å². The monoisotopic (exact) mass is 324 g/mol. The lowest BCUT2D eigenvalue weighted by molar-refractivity contribution is -0.133. The maximum Gasteiger partial charge on any atom is 0.244 e. The number of hydrogen-bond donors (Lipinski definition) is 1. The largest absolute Gasteiger partial charge is 0.347 e. The number of rotatable bonds is 6. The Bertz CT molecular complexity index is 585. The number of likely N-dealkylation sites (N-methyl/N-ethyl adjacent to an activating group) is 1. The Balaban J connectivity index is 2.52. The van der Waals surface area contributed by atoms with Crippen molar-refractivity contribution in [3.05, 3.63) is 34.9 Å². The Morgan fingerprint density at radius 1 is 1.23 bits per heavy atom. The van der Waals surface area contributed by atoms with Crippen molar-refractivity contribution in [3.63, 3.8) is 0 Å². The van der Waals surface area contributed by atoms with Crippen LogP contribution in [0.2, 0.25) is 0 Å². The zero-order chi connectivity index (χ0) is 16.9. The van der Waals surface area contributed by atoms with E-state index in [-0.39, 0.29) is 17.6 Å². The van der Waals surface area contributed by atoms with E-state index < -0.39 is 16.8 Å². The van der Waals surface area contributed by atoms with Crippen LogP contribution in [0.5, 0.6) is 0 Å². The molecule has 2 atom stereocenters. The summed E-state index contributed by atoms with van der Waals surface area (Å²) in [6, 6.07) is 5.29. The third kappa shape index (κ3) is 5.60. The topological polar surface area (TPSA) is 66.5 Å². The van der Waals surface area contributed by atoms with Gasteiger partial charge in [-0.1, -0.05) is 18.2 Å². The van der Waals surface area contributed by atoms with Crippen LogP contribution in [0.25, 0.3) is 0 Å². The molecule has 5 nitrogen and oxygen atoms in total. The molecular formula is C16H24N2O3S. The van der Waals surface area contributed by atoms with E-state index in [0.29, 0.717) is 5.75 Å². The van der Waals surface area contributed by atoms with Gasteiger partial charge >= 0.3 is 0 Å². The summed E-state index contributed by atoms with van der Waals surface area (Å²) < 4.78 is 12.1. The van der Waals surface area contributed by atoms with Crippen molar-refractivity contribution in [1.82, 2.24) is 10.2 Å². The number of nitrogens with one attached hydrogen (secondary N) is 1. The SMILES string of the molecule is Cc1ccc(C[S@](=O)CC(=O)N[C@H](C)C(=O)N(C)C)cc1C. The number of carbonyl (C=O) groups is 2. The molecule has 0 aliphatic rings. The molecule has 0 saturated carbocycles. The van der Waals surface area contributed by atoms with E-state index in [0.717, 1.165) is 11.1 Å². The minimum Gasteiger partial charge on any atom is -0.347 e. The first-order valence-electron chi connectivity index (χ1n) is 7.12. The Morgan fingerprint density at radius 2 is 1.86 bits per heavy atom. The highest BCUT2D eigenvalue weighted by molar-refractivity contribution is 7.84. The molecule has 0 aliphatic carbocycles. The van der Waals surface area contributed by atoms with Crippen LogP contribution >= 0.6 is 0 Å². The summed E-state index contributed by atoms with van der Waals surface area (Å²) in [5.41, 5.74) is 3.28. The third-order valence-corrected chi connectivity index (χ3v) is 4.62. The van der Waals surface area contributed by atoms with Gasteiger partial charge in [0, 0.05) is 30.6 Å². The van der Waals surface area contributed by atoms with E-state index in [1.165, 1.54) is 10.5 Å². The summed E-state index contributed by atoms with van der Waals surface area (Å²) in [5.74, 6) is -0.319. The van der Waals surface area contributed by atoms with Gasteiger partial charge in [0.15, 0.2) is 0 Å². The molecule has 2 amide bonds. The zero-order valence-electron chi connectivity index (χ0n) is 13.8. The smallest absolute Gasteiger partial charge is 0.244 e. The fourth-order valence-corrected chi connectivity index (χ4v) is 3.04. The van der Waals surface area contributed by atoms with E-state index in [4.69, 9.17) is 0 Å². The standard InChI is InChI=1S/C16H24N2O3S/c1-11-6-7-14(8-12(11)2)9-22(21)10-15(19)17-13(3)16(20)18(4)5/h6-8,13H,9-10H2,1-5H3,(H,17,19)/t13-,22+/m1/s1. The summed E-state index contributed by atoms with van der Waals surface area (Å²) in [4.78, 5) is 24.9. The molecule has 0 unspecified atom stereocenters. The molecule has 122 valence electrons. The van der Waals surface area contributed by atoms with Gasteiger partial charge in [-0.2, -0.15) is 0 Å². The lowest BCUT2D eigenvalue weighted by Crippen LogP contribution is -2.45. The molecule has 0 bridgehead atoms. The molecule has 1 rings (SSSR count). The van der Waals surface area contributed by atoms with Gasteiger partial charge in [0.1, 0.15) is 11.8 Å². The molecule has 6 heteroatoms. The van der Waals surface area contributed by atoms with Crippen LogP contribution in [0, 0.1) is 13.8 Å². The van der Waals surface area contributed by atoms with Crippen molar-refractivity contribution < 1.29 is 13.8 Å². The first kappa shape index (κ1) is 18.4. The van der Waals surface area contributed by atoms with E-state index in [9.17, 15) is 13.8 Å². The molecule has 0 fully saturated rings. The second-order valence-electron chi connectivity index (χ2n) is 5.67. The summed E-state index contributed by atoms with van der Waals surface area (Å²) in [6.45, 7) is 5.64. The molecule has 0 aliphatic heterocycles. The van der Waals surface area contributed by atoms with Gasteiger partial charge in [-0.25, -0.2) is 0 Å². The average Bonchev–Trinajstić information content (AvgIpc) is 2.41. The second kappa shape index (κ2) is 8.08. The maximum atomic E-state index is 12.1. The molecule has 0 radical (unpaired) electrons. The van der Waals surface area contributed by atoms with Crippen molar-refractivity contribution in [1.29, 1.82) is 0 Å². The maximum absolute atomic E-state index is 12.1. The summed E-state index contributed by atoms with van der Waals surface area (Å²) in [5, 5.41) is 2.57. The normalized spacial score (nSPS) is 13.3. The first-order valence-corrected chi connectivity index (χ1v) is 8.61. The number of carbonyl (C=O) groups excluding carboxylic acids is 2. The predicted octanol–water partition coefficient (Wildman–Crippen LogP) is 1.15. The Labute approximate surface area is 134 Å². The highest BCUT2D eigenvalue weighted by Gasteiger charge is 2.18. The molecule has 22 heavy (non-hydrogen) atoms. The summed E-state index contributed by atoms with van der Waals surface area (Å²) >= 11 is 0. The van der Waals surface area contributed by atoms with Crippen LogP contribution in [-0.4, -0.2) is 46.8 Å². The van der Waals surface area contributed by atoms with Gasteiger partial charge in [0.05, 0.1) is 0 Å². The third-order valence-electron chi connectivity index (χ3n) is 3.38. The first-order chi connectivity index (χ1) is 10.2. The minimum atomic E-state index is -1.29. The minimum absolute atomic E-state index is 0.0992. The number of benzene rings is 1. The van der Waals surface area contributed by atoms with Gasteiger partial charge in [0.25, 0.3) is 0 Å². The van der Waals surface area contributed by atoms with Crippen molar-refractivity contribution in [2.24, 2.45) is 0 Å². The lowest BCUT2D eigenvalue weighted by Gasteiger charge is -2.17. The molecule has 0 aromatic heterocycles. The Kier molecular flexibility index (Phi) is 6.74. The number of amides is 2. The number of hydrogen-bond acceptors (Lipinski definition) is 3. The summed E-state index contributed by atoms with van der Waals surface area (Å²) in [6.07, 6.45) is 0. The van der Waals surface area contributed by atoms with Crippen LogP contribution in [0.3, 0.4) is 0 Å². The molecule has 1 N–H and O–H groups in total. The van der Waals surface area contributed by atoms with E-state index in [1.54, 1.807) is 21.0 Å². The fraction of sp³-hybridized carbons (Fsp3) is 0.500. The van der Waals surface area contributed by atoms with Crippen molar-refractivity contribution in [3.8, 4) is 0 Å². The van der Waals surface area contributed by atoms with Gasteiger partial charge in [-0.05, 0) is 37.5 Å². The molecule has 0 heterocycles. The van der Waals surface area contributed by atoms with E-state index in [2.05, 4.69) is 5.32 Å². The van der Waals surface area contributed by atoms with Crippen molar-refractivity contribution >= 4 is 22.6 Å². The molecule has 0 saturated heterocycles. The second-order valence-corrected chi connectivity index (χ2v) is 7.13.